The Kier molecular flexibility index (Phi) is 8.77. The van der Waals surface area contributed by atoms with Crippen molar-refractivity contribution in [1.29, 1.82) is 0 Å². The minimum Gasteiger partial charge on any atom is -0.326 e. The Hall–Kier alpha value is -1.80. The third-order valence-electron chi connectivity index (χ3n) is 4.84. The van der Waals surface area contributed by atoms with Crippen LogP contribution in [0.2, 0.25) is 0 Å². The van der Waals surface area contributed by atoms with E-state index in [-0.39, 0.29) is 42.7 Å². The SMILES string of the molecule is Cl.Cl.O=C(CC1CSCCN1)Nc1ccc2c(c1)CCN2C(=O)c1cccnc1. The molecule has 2 amide bonds. The minimum absolute atomic E-state index is 0. The van der Waals surface area contributed by atoms with Crippen molar-refractivity contribution in [2.24, 2.45) is 0 Å². The number of hydrogen-bond acceptors (Lipinski definition) is 5. The summed E-state index contributed by atoms with van der Waals surface area (Å²) < 4.78 is 0. The van der Waals surface area contributed by atoms with E-state index in [0.29, 0.717) is 18.5 Å². The van der Waals surface area contributed by atoms with Crippen molar-refractivity contribution in [3.63, 3.8) is 0 Å². The van der Waals surface area contributed by atoms with Crippen molar-refractivity contribution in [2.75, 3.05) is 34.8 Å². The molecule has 1 unspecified atom stereocenters. The van der Waals surface area contributed by atoms with Gasteiger partial charge in [0.25, 0.3) is 5.91 Å². The smallest absolute Gasteiger partial charge is 0.259 e. The first kappa shape index (κ1) is 23.5. The molecular weight excluding hydrogens is 431 g/mol. The monoisotopic (exact) mass is 454 g/mol. The van der Waals surface area contributed by atoms with Gasteiger partial charge in [-0.1, -0.05) is 0 Å². The highest BCUT2D eigenvalue weighted by atomic mass is 35.5. The Morgan fingerprint density at radius 2 is 2.14 bits per heavy atom. The summed E-state index contributed by atoms with van der Waals surface area (Å²) in [5, 5.41) is 6.37. The molecule has 0 radical (unpaired) electrons. The van der Waals surface area contributed by atoms with Crippen LogP contribution >= 0.6 is 36.6 Å². The molecule has 4 rings (SSSR count). The van der Waals surface area contributed by atoms with Gasteiger partial charge in [-0.25, -0.2) is 0 Å². The maximum absolute atomic E-state index is 12.7. The number of rotatable bonds is 4. The van der Waals surface area contributed by atoms with Gasteiger partial charge in [0.15, 0.2) is 0 Å². The molecule has 3 heterocycles. The maximum atomic E-state index is 12.7. The predicted octanol–water partition coefficient (Wildman–Crippen LogP) is 3.16. The van der Waals surface area contributed by atoms with Crippen LogP contribution in [0.1, 0.15) is 22.3 Å². The van der Waals surface area contributed by atoms with Crippen LogP contribution in [-0.4, -0.2) is 47.4 Å². The van der Waals surface area contributed by atoms with Gasteiger partial charge in [-0.2, -0.15) is 11.8 Å². The number of halogens is 2. The lowest BCUT2D eigenvalue weighted by molar-refractivity contribution is -0.116. The average Bonchev–Trinajstić information content (AvgIpc) is 3.12. The molecule has 0 saturated carbocycles. The number of anilines is 2. The molecule has 0 aliphatic carbocycles. The highest BCUT2D eigenvalue weighted by Gasteiger charge is 2.26. The van der Waals surface area contributed by atoms with Crippen molar-refractivity contribution in [3.05, 3.63) is 53.9 Å². The second-order valence-corrected chi connectivity index (χ2v) is 7.92. The number of thioether (sulfide) groups is 1. The summed E-state index contributed by atoms with van der Waals surface area (Å²) in [6.45, 7) is 1.60. The molecule has 0 bridgehead atoms. The van der Waals surface area contributed by atoms with Crippen molar-refractivity contribution in [3.8, 4) is 0 Å². The quantitative estimate of drug-likeness (QED) is 0.741. The number of hydrogen-bond donors (Lipinski definition) is 2. The number of nitrogens with one attached hydrogen (secondary N) is 2. The number of nitrogens with zero attached hydrogens (tertiary/aromatic N) is 2. The highest BCUT2D eigenvalue weighted by molar-refractivity contribution is 7.99. The first-order valence-corrected chi connectivity index (χ1v) is 10.3. The van der Waals surface area contributed by atoms with Crippen molar-refractivity contribution >= 4 is 59.8 Å². The third kappa shape index (κ3) is 5.63. The van der Waals surface area contributed by atoms with Crippen LogP contribution in [0, 0.1) is 0 Å². The molecule has 9 heteroatoms. The van der Waals surface area contributed by atoms with E-state index in [1.807, 2.05) is 30.0 Å². The molecule has 0 spiro atoms. The second kappa shape index (κ2) is 10.8. The van der Waals surface area contributed by atoms with Crippen LogP contribution < -0.4 is 15.5 Å². The molecule has 1 saturated heterocycles. The molecule has 1 aromatic carbocycles. The topological polar surface area (TPSA) is 74.3 Å². The number of benzene rings is 1. The second-order valence-electron chi connectivity index (χ2n) is 6.77. The first-order chi connectivity index (χ1) is 13.2. The van der Waals surface area contributed by atoms with Gasteiger partial charge >= 0.3 is 0 Å². The van der Waals surface area contributed by atoms with Gasteiger partial charge in [0.2, 0.25) is 5.91 Å². The fourth-order valence-electron chi connectivity index (χ4n) is 3.52. The lowest BCUT2D eigenvalue weighted by atomic mass is 10.1. The Morgan fingerprint density at radius 1 is 1.28 bits per heavy atom. The van der Waals surface area contributed by atoms with Crippen LogP contribution in [0.4, 0.5) is 11.4 Å². The third-order valence-corrected chi connectivity index (χ3v) is 5.97. The fourth-order valence-corrected chi connectivity index (χ4v) is 4.47. The van der Waals surface area contributed by atoms with Crippen LogP contribution in [0.3, 0.4) is 0 Å². The molecule has 156 valence electrons. The lowest BCUT2D eigenvalue weighted by Gasteiger charge is -2.22. The average molecular weight is 455 g/mol. The lowest BCUT2D eigenvalue weighted by Crippen LogP contribution is -2.39. The van der Waals surface area contributed by atoms with E-state index in [2.05, 4.69) is 15.6 Å². The zero-order valence-electron chi connectivity index (χ0n) is 15.8. The number of carbonyl (C=O) groups is 2. The van der Waals surface area contributed by atoms with E-state index >= 15 is 0 Å². The summed E-state index contributed by atoms with van der Waals surface area (Å²) in [6, 6.07) is 9.55. The summed E-state index contributed by atoms with van der Waals surface area (Å²) in [6.07, 6.45) is 4.51. The minimum atomic E-state index is -0.0421. The van der Waals surface area contributed by atoms with Gasteiger partial charge in [0, 0.05) is 60.8 Å². The maximum Gasteiger partial charge on any atom is 0.259 e. The molecule has 2 aromatic rings. The number of pyridine rings is 1. The molecule has 2 N–H and O–H groups in total. The molecule has 1 atom stereocenters. The summed E-state index contributed by atoms with van der Waals surface area (Å²) in [4.78, 5) is 30.8. The number of amides is 2. The molecule has 6 nitrogen and oxygen atoms in total. The van der Waals surface area contributed by atoms with Gasteiger partial charge < -0.3 is 15.5 Å². The van der Waals surface area contributed by atoms with Crippen LogP contribution in [0.5, 0.6) is 0 Å². The number of fused-ring (bicyclic) bond motifs is 1. The normalized spacial score (nSPS) is 17.5. The molecule has 2 aliphatic heterocycles. The van der Waals surface area contributed by atoms with Crippen LogP contribution in [-0.2, 0) is 11.2 Å². The van der Waals surface area contributed by atoms with Gasteiger partial charge in [-0.05, 0) is 42.3 Å². The standard InChI is InChI=1S/C20H22N4O2S.2ClH/c25-19(11-17-13-27-9-7-22-17)23-16-3-4-18-14(10-16)5-8-24(18)20(26)15-2-1-6-21-12-15;;/h1-4,6,10,12,17,22H,5,7-9,11,13H2,(H,23,25);2*1H. The zero-order valence-corrected chi connectivity index (χ0v) is 18.2. The predicted molar refractivity (Wildman–Crippen MR) is 123 cm³/mol. The fraction of sp³-hybridized carbons (Fsp3) is 0.350. The number of carbonyl (C=O) groups excluding carboxylic acids is 2. The van der Waals surface area contributed by atoms with E-state index in [1.54, 1.807) is 29.4 Å². The van der Waals surface area contributed by atoms with Crippen molar-refractivity contribution in [1.82, 2.24) is 10.3 Å². The molecule has 1 aromatic heterocycles. The van der Waals surface area contributed by atoms with E-state index < -0.39 is 0 Å². The molecular formula is C20H24Cl2N4O2S. The Labute approximate surface area is 187 Å². The molecule has 29 heavy (non-hydrogen) atoms. The Morgan fingerprint density at radius 3 is 2.86 bits per heavy atom. The molecule has 1 fully saturated rings. The van der Waals surface area contributed by atoms with Gasteiger partial charge in [0.1, 0.15) is 0 Å². The van der Waals surface area contributed by atoms with Gasteiger partial charge in [0.05, 0.1) is 5.56 Å². The number of aromatic nitrogens is 1. The van der Waals surface area contributed by atoms with E-state index in [4.69, 9.17) is 0 Å². The van der Waals surface area contributed by atoms with Crippen LogP contribution in [0.15, 0.2) is 42.7 Å². The summed E-state index contributed by atoms with van der Waals surface area (Å²) in [5.41, 5.74) is 3.36. The van der Waals surface area contributed by atoms with Gasteiger partial charge in [-0.15, -0.1) is 24.8 Å². The van der Waals surface area contributed by atoms with E-state index in [1.165, 1.54) is 0 Å². The van der Waals surface area contributed by atoms with Crippen molar-refractivity contribution in [2.45, 2.75) is 18.9 Å². The van der Waals surface area contributed by atoms with Gasteiger partial charge in [-0.3, -0.25) is 14.6 Å². The summed E-state index contributed by atoms with van der Waals surface area (Å²) in [7, 11) is 0. The zero-order chi connectivity index (χ0) is 18.6. The van der Waals surface area contributed by atoms with Crippen molar-refractivity contribution < 1.29 is 9.59 Å². The Balaban J connectivity index is 0.00000150. The molecule has 2 aliphatic rings. The van der Waals surface area contributed by atoms with E-state index in [0.717, 1.165) is 41.4 Å². The largest absolute Gasteiger partial charge is 0.326 e. The van der Waals surface area contributed by atoms with E-state index in [9.17, 15) is 9.59 Å². The Bertz CT molecular complexity index is 848. The summed E-state index contributed by atoms with van der Waals surface area (Å²) >= 11 is 1.88. The summed E-state index contributed by atoms with van der Waals surface area (Å²) in [5.74, 6) is 2.07. The highest BCUT2D eigenvalue weighted by Crippen LogP contribution is 2.31. The first-order valence-electron chi connectivity index (χ1n) is 9.16. The van der Waals surface area contributed by atoms with Crippen LogP contribution in [0.25, 0.3) is 0 Å².